The summed E-state index contributed by atoms with van der Waals surface area (Å²) in [4.78, 5) is 25.5. The van der Waals surface area contributed by atoms with Gasteiger partial charge < -0.3 is 26.0 Å². The Morgan fingerprint density at radius 2 is 2.14 bits per heavy atom. The third-order valence-corrected chi connectivity index (χ3v) is 6.71. The summed E-state index contributed by atoms with van der Waals surface area (Å²) in [5.74, 6) is 1.30. The molecule has 3 rings (SSSR count). The molecule has 7 nitrogen and oxygen atoms in total. The third-order valence-electron chi connectivity index (χ3n) is 5.20. The largest absolute Gasteiger partial charge is 0.508 e. The number of aromatic hydroxyl groups is 1. The summed E-state index contributed by atoms with van der Waals surface area (Å²) in [7, 11) is 3.91. The standard InChI is InChI=1S/C20H30N4O3S/c1-24(2)11-14-9-13(7-8-16(14)25)10-21-18(26)6-4-3-5-17-19-15(12-28-17)22-20(27)23-19/h7-9,15,17,19,25H,3-6,10-12H2,1-2H3,(H,21,26)(H2,22,23,27)/t15-,17-,19-/m0/s1. The van der Waals surface area contributed by atoms with Crippen LogP contribution in [0.2, 0.25) is 0 Å². The van der Waals surface area contributed by atoms with Crippen molar-refractivity contribution >= 4 is 23.7 Å². The molecule has 0 aromatic heterocycles. The van der Waals surface area contributed by atoms with E-state index in [-0.39, 0.29) is 29.8 Å². The van der Waals surface area contributed by atoms with Gasteiger partial charge in [0.25, 0.3) is 0 Å². The lowest BCUT2D eigenvalue weighted by Crippen LogP contribution is -2.36. The van der Waals surface area contributed by atoms with Gasteiger partial charge in [-0.05, 0) is 44.6 Å². The number of hydrogen-bond donors (Lipinski definition) is 4. The van der Waals surface area contributed by atoms with Crippen LogP contribution >= 0.6 is 11.8 Å². The van der Waals surface area contributed by atoms with Gasteiger partial charge in [-0.25, -0.2) is 4.79 Å². The van der Waals surface area contributed by atoms with Crippen molar-refractivity contribution in [3.63, 3.8) is 0 Å². The van der Waals surface area contributed by atoms with Crippen molar-refractivity contribution in [2.75, 3.05) is 19.8 Å². The zero-order valence-electron chi connectivity index (χ0n) is 16.5. The van der Waals surface area contributed by atoms with Crippen LogP contribution in [0.25, 0.3) is 0 Å². The Bertz CT molecular complexity index is 713. The molecule has 2 aliphatic rings. The first-order valence-electron chi connectivity index (χ1n) is 9.83. The average Bonchev–Trinajstić information content (AvgIpc) is 3.18. The number of carbonyl (C=O) groups excluding carboxylic acids is 2. The van der Waals surface area contributed by atoms with Gasteiger partial charge in [0, 0.05) is 36.1 Å². The zero-order chi connectivity index (χ0) is 20.1. The molecule has 0 spiro atoms. The van der Waals surface area contributed by atoms with Gasteiger partial charge in [-0.2, -0.15) is 11.8 Å². The number of benzene rings is 1. The summed E-state index contributed by atoms with van der Waals surface area (Å²) >= 11 is 1.91. The fourth-order valence-electron chi connectivity index (χ4n) is 3.78. The van der Waals surface area contributed by atoms with Crippen molar-refractivity contribution in [3.8, 4) is 5.75 Å². The van der Waals surface area contributed by atoms with Gasteiger partial charge in [-0.3, -0.25) is 4.79 Å². The number of nitrogens with one attached hydrogen (secondary N) is 3. The van der Waals surface area contributed by atoms with Crippen LogP contribution < -0.4 is 16.0 Å². The van der Waals surface area contributed by atoms with Gasteiger partial charge in [-0.1, -0.05) is 12.5 Å². The van der Waals surface area contributed by atoms with E-state index in [1.165, 1.54) is 0 Å². The molecular formula is C20H30N4O3S. The van der Waals surface area contributed by atoms with Gasteiger partial charge in [-0.15, -0.1) is 0 Å². The van der Waals surface area contributed by atoms with Crippen LogP contribution in [0.4, 0.5) is 4.79 Å². The lowest BCUT2D eigenvalue weighted by atomic mass is 10.0. The second kappa shape index (κ2) is 9.52. The third kappa shape index (κ3) is 5.54. The van der Waals surface area contributed by atoms with E-state index in [0.29, 0.717) is 24.8 Å². The summed E-state index contributed by atoms with van der Waals surface area (Å²) < 4.78 is 0. The van der Waals surface area contributed by atoms with E-state index in [9.17, 15) is 14.7 Å². The number of urea groups is 1. The van der Waals surface area contributed by atoms with Crippen LogP contribution in [0.3, 0.4) is 0 Å². The maximum Gasteiger partial charge on any atom is 0.315 e. The second-order valence-corrected chi connectivity index (χ2v) is 9.12. The lowest BCUT2D eigenvalue weighted by molar-refractivity contribution is -0.121. The molecule has 28 heavy (non-hydrogen) atoms. The van der Waals surface area contributed by atoms with Crippen LogP contribution in [0, 0.1) is 0 Å². The molecule has 2 heterocycles. The lowest BCUT2D eigenvalue weighted by Gasteiger charge is -2.16. The first-order chi connectivity index (χ1) is 13.4. The van der Waals surface area contributed by atoms with Gasteiger partial charge in [0.2, 0.25) is 5.91 Å². The predicted octanol–water partition coefficient (Wildman–Crippen LogP) is 1.80. The molecule has 8 heteroatoms. The topological polar surface area (TPSA) is 93.7 Å². The summed E-state index contributed by atoms with van der Waals surface area (Å²) in [5.41, 5.74) is 1.85. The van der Waals surface area contributed by atoms with Gasteiger partial charge in [0.1, 0.15) is 5.75 Å². The number of rotatable bonds is 9. The van der Waals surface area contributed by atoms with Crippen molar-refractivity contribution < 1.29 is 14.7 Å². The fourth-order valence-corrected chi connectivity index (χ4v) is 5.32. The molecule has 2 saturated heterocycles. The van der Waals surface area contributed by atoms with Crippen LogP contribution in [-0.2, 0) is 17.9 Å². The Hall–Kier alpha value is -1.93. The van der Waals surface area contributed by atoms with Crippen LogP contribution in [-0.4, -0.2) is 59.1 Å². The fraction of sp³-hybridized carbons (Fsp3) is 0.600. The highest BCUT2D eigenvalue weighted by atomic mass is 32.2. The number of carbonyl (C=O) groups is 2. The quantitative estimate of drug-likeness (QED) is 0.371. The molecule has 2 fully saturated rings. The van der Waals surface area contributed by atoms with E-state index < -0.39 is 0 Å². The molecule has 1 aromatic rings. The first-order valence-corrected chi connectivity index (χ1v) is 10.9. The first kappa shape index (κ1) is 20.8. The normalized spacial score (nSPS) is 23.4. The molecule has 3 atom stereocenters. The van der Waals surface area contributed by atoms with E-state index in [1.807, 2.05) is 42.9 Å². The Balaban J connectivity index is 1.34. The molecule has 1 aromatic carbocycles. The minimum Gasteiger partial charge on any atom is -0.508 e. The molecule has 0 aliphatic carbocycles. The SMILES string of the molecule is CN(C)Cc1cc(CNC(=O)CCCC[C@@H]2SC[C@@H]3NC(=O)N[C@@H]32)ccc1O. The summed E-state index contributed by atoms with van der Waals surface area (Å²) in [6, 6.07) is 5.90. The number of fused-ring (bicyclic) bond motifs is 1. The van der Waals surface area contributed by atoms with Crippen LogP contribution in [0.5, 0.6) is 5.75 Å². The molecule has 0 unspecified atom stereocenters. The number of unbranched alkanes of at least 4 members (excludes halogenated alkanes) is 1. The molecular weight excluding hydrogens is 376 g/mol. The molecule has 154 valence electrons. The van der Waals surface area contributed by atoms with E-state index in [0.717, 1.165) is 36.1 Å². The van der Waals surface area contributed by atoms with Crippen molar-refractivity contribution in [2.45, 2.75) is 56.1 Å². The Morgan fingerprint density at radius 3 is 2.93 bits per heavy atom. The highest BCUT2D eigenvalue weighted by Crippen LogP contribution is 2.33. The van der Waals surface area contributed by atoms with Gasteiger partial charge in [0.15, 0.2) is 0 Å². The highest BCUT2D eigenvalue weighted by Gasteiger charge is 2.42. The van der Waals surface area contributed by atoms with Crippen LogP contribution in [0.1, 0.15) is 36.8 Å². The number of thioether (sulfide) groups is 1. The van der Waals surface area contributed by atoms with E-state index in [4.69, 9.17) is 0 Å². The highest BCUT2D eigenvalue weighted by molar-refractivity contribution is 8.00. The van der Waals surface area contributed by atoms with Crippen molar-refractivity contribution in [1.29, 1.82) is 0 Å². The zero-order valence-corrected chi connectivity index (χ0v) is 17.3. The molecule has 0 radical (unpaired) electrons. The Labute approximate surface area is 170 Å². The van der Waals surface area contributed by atoms with E-state index >= 15 is 0 Å². The average molecular weight is 407 g/mol. The van der Waals surface area contributed by atoms with Crippen molar-refractivity contribution in [2.24, 2.45) is 0 Å². The summed E-state index contributed by atoms with van der Waals surface area (Å²) in [6.07, 6.45) is 3.37. The second-order valence-electron chi connectivity index (χ2n) is 7.85. The van der Waals surface area contributed by atoms with E-state index in [1.54, 1.807) is 6.07 Å². The summed E-state index contributed by atoms with van der Waals surface area (Å²) in [5, 5.41) is 19.3. The Morgan fingerprint density at radius 1 is 1.32 bits per heavy atom. The van der Waals surface area contributed by atoms with Gasteiger partial charge >= 0.3 is 6.03 Å². The number of hydrogen-bond acceptors (Lipinski definition) is 5. The predicted molar refractivity (Wildman–Crippen MR) is 111 cm³/mol. The monoisotopic (exact) mass is 406 g/mol. The summed E-state index contributed by atoms with van der Waals surface area (Å²) in [6.45, 7) is 1.13. The smallest absolute Gasteiger partial charge is 0.315 e. The number of phenols is 1. The molecule has 0 bridgehead atoms. The molecule has 4 N–H and O–H groups in total. The van der Waals surface area contributed by atoms with Crippen molar-refractivity contribution in [3.05, 3.63) is 29.3 Å². The minimum atomic E-state index is -0.0531. The molecule has 2 aliphatic heterocycles. The number of phenolic OH excluding ortho intramolecular Hbond substituents is 1. The van der Waals surface area contributed by atoms with Crippen LogP contribution in [0.15, 0.2) is 18.2 Å². The maximum absolute atomic E-state index is 12.1. The van der Waals surface area contributed by atoms with E-state index in [2.05, 4.69) is 16.0 Å². The minimum absolute atomic E-state index is 0.0509. The molecule has 0 saturated carbocycles. The molecule has 3 amide bonds. The number of nitrogens with zero attached hydrogens (tertiary/aromatic N) is 1. The Kier molecular flexibility index (Phi) is 7.07. The van der Waals surface area contributed by atoms with Gasteiger partial charge in [0.05, 0.1) is 12.1 Å². The van der Waals surface area contributed by atoms with Crippen molar-refractivity contribution in [1.82, 2.24) is 20.9 Å². The maximum atomic E-state index is 12.1. The number of amides is 3.